The van der Waals surface area contributed by atoms with Crippen molar-refractivity contribution in [3.05, 3.63) is 29.8 Å². The molecule has 178 valence electrons. The van der Waals surface area contributed by atoms with E-state index in [2.05, 4.69) is 0 Å². The Morgan fingerprint density at radius 1 is 1.19 bits per heavy atom. The van der Waals surface area contributed by atoms with Crippen molar-refractivity contribution in [2.75, 3.05) is 31.2 Å². The summed E-state index contributed by atoms with van der Waals surface area (Å²) in [7, 11) is -6.74. The van der Waals surface area contributed by atoms with E-state index in [4.69, 9.17) is 4.74 Å². The molecule has 0 N–H and O–H groups in total. The molecule has 2 saturated heterocycles. The summed E-state index contributed by atoms with van der Waals surface area (Å²) in [5.41, 5.74) is 0.136. The van der Waals surface area contributed by atoms with E-state index < -0.39 is 44.4 Å². The van der Waals surface area contributed by atoms with Crippen molar-refractivity contribution in [2.24, 2.45) is 0 Å². The van der Waals surface area contributed by atoms with E-state index in [-0.39, 0.29) is 28.0 Å². The van der Waals surface area contributed by atoms with Gasteiger partial charge in [-0.1, -0.05) is 6.92 Å². The van der Waals surface area contributed by atoms with E-state index in [1.54, 1.807) is 0 Å². The maximum absolute atomic E-state index is 12.8. The van der Waals surface area contributed by atoms with Crippen LogP contribution in [0.5, 0.6) is 0 Å². The molecule has 2 atom stereocenters. The lowest BCUT2D eigenvalue weighted by atomic mass is 10.1. The number of hydrogen-bond acceptors (Lipinski definition) is 7. The molecular formula is C21H30N2O7S2. The largest absolute Gasteiger partial charge is 0.452 e. The fourth-order valence-electron chi connectivity index (χ4n) is 4.13. The predicted molar refractivity (Wildman–Crippen MR) is 118 cm³/mol. The average molecular weight is 487 g/mol. The monoisotopic (exact) mass is 486 g/mol. The number of sulfone groups is 1. The molecule has 11 heteroatoms. The Balaban J connectivity index is 1.63. The van der Waals surface area contributed by atoms with Gasteiger partial charge in [-0.05, 0) is 56.9 Å². The highest BCUT2D eigenvalue weighted by atomic mass is 32.2. The number of benzene rings is 1. The van der Waals surface area contributed by atoms with Gasteiger partial charge in [0.2, 0.25) is 10.0 Å². The summed E-state index contributed by atoms with van der Waals surface area (Å²) in [6.45, 7) is 4.21. The molecule has 0 aromatic heterocycles. The molecule has 2 heterocycles. The molecule has 2 aliphatic rings. The van der Waals surface area contributed by atoms with Gasteiger partial charge in [-0.25, -0.2) is 21.6 Å². The molecule has 1 amide bonds. The fourth-order valence-corrected chi connectivity index (χ4v) is 7.35. The van der Waals surface area contributed by atoms with E-state index in [1.165, 1.54) is 33.5 Å². The Morgan fingerprint density at radius 2 is 1.81 bits per heavy atom. The highest BCUT2D eigenvalue weighted by molar-refractivity contribution is 7.91. The third kappa shape index (κ3) is 5.49. The highest BCUT2D eigenvalue weighted by Gasteiger charge is 2.37. The summed E-state index contributed by atoms with van der Waals surface area (Å²) in [5.74, 6) is -1.22. The first-order valence-corrected chi connectivity index (χ1v) is 14.1. The number of carbonyl (C=O) groups excluding carboxylic acids is 2. The van der Waals surface area contributed by atoms with Crippen molar-refractivity contribution in [2.45, 2.75) is 56.5 Å². The van der Waals surface area contributed by atoms with Gasteiger partial charge < -0.3 is 9.64 Å². The highest BCUT2D eigenvalue weighted by Crippen LogP contribution is 2.23. The lowest BCUT2D eigenvalue weighted by molar-refractivity contribution is -0.138. The van der Waals surface area contributed by atoms with E-state index >= 15 is 0 Å². The first kappa shape index (κ1) is 24.7. The molecular weight excluding hydrogens is 456 g/mol. The third-order valence-electron chi connectivity index (χ3n) is 6.08. The summed E-state index contributed by atoms with van der Waals surface area (Å²) in [6, 6.07) is 4.85. The minimum Gasteiger partial charge on any atom is -0.452 e. The van der Waals surface area contributed by atoms with Gasteiger partial charge in [-0.2, -0.15) is 4.31 Å². The van der Waals surface area contributed by atoms with Crippen molar-refractivity contribution >= 4 is 31.7 Å². The number of rotatable bonds is 8. The molecule has 2 fully saturated rings. The van der Waals surface area contributed by atoms with Crippen molar-refractivity contribution in [3.63, 3.8) is 0 Å². The Bertz CT molecular complexity index is 1050. The molecule has 0 spiro atoms. The second kappa shape index (κ2) is 9.88. The molecule has 0 radical (unpaired) electrons. The Hall–Kier alpha value is -1.98. The van der Waals surface area contributed by atoms with Gasteiger partial charge in [0.1, 0.15) is 0 Å². The van der Waals surface area contributed by atoms with Crippen molar-refractivity contribution < 1.29 is 31.2 Å². The number of ether oxygens (including phenoxy) is 1. The van der Waals surface area contributed by atoms with Crippen molar-refractivity contribution in [1.29, 1.82) is 0 Å². The van der Waals surface area contributed by atoms with Crippen LogP contribution in [0.2, 0.25) is 0 Å². The van der Waals surface area contributed by atoms with Crippen LogP contribution < -0.4 is 0 Å². The Labute approximate surface area is 189 Å². The summed E-state index contributed by atoms with van der Waals surface area (Å²) < 4.78 is 55.4. The van der Waals surface area contributed by atoms with Gasteiger partial charge in [-0.3, -0.25) is 4.79 Å². The van der Waals surface area contributed by atoms with Crippen molar-refractivity contribution in [1.82, 2.24) is 9.21 Å². The minimum absolute atomic E-state index is 0.0460. The number of sulfonamides is 1. The second-order valence-corrected chi connectivity index (χ2v) is 12.5. The van der Waals surface area contributed by atoms with Crippen molar-refractivity contribution in [3.8, 4) is 0 Å². The van der Waals surface area contributed by atoms with Gasteiger partial charge in [-0.15, -0.1) is 0 Å². The van der Waals surface area contributed by atoms with E-state index in [0.717, 1.165) is 12.8 Å². The lowest BCUT2D eigenvalue weighted by Crippen LogP contribution is -2.48. The Kier molecular flexibility index (Phi) is 7.61. The van der Waals surface area contributed by atoms with E-state index in [0.29, 0.717) is 25.9 Å². The maximum atomic E-state index is 12.8. The maximum Gasteiger partial charge on any atom is 0.338 e. The van der Waals surface area contributed by atoms with Gasteiger partial charge in [0.25, 0.3) is 5.91 Å². The topological polar surface area (TPSA) is 118 Å². The van der Waals surface area contributed by atoms with Crippen LogP contribution in [0, 0.1) is 0 Å². The zero-order valence-corrected chi connectivity index (χ0v) is 20.0. The summed E-state index contributed by atoms with van der Waals surface area (Å²) in [4.78, 5) is 26.8. The molecule has 32 heavy (non-hydrogen) atoms. The van der Waals surface area contributed by atoms with Gasteiger partial charge >= 0.3 is 5.97 Å². The van der Waals surface area contributed by atoms with Crippen LogP contribution in [0.4, 0.5) is 0 Å². The minimum atomic E-state index is -3.58. The van der Waals surface area contributed by atoms with Crippen LogP contribution in [0.25, 0.3) is 0 Å². The van der Waals surface area contributed by atoms with Gasteiger partial charge in [0.15, 0.2) is 16.4 Å². The first-order chi connectivity index (χ1) is 15.0. The zero-order chi connectivity index (χ0) is 23.5. The lowest BCUT2D eigenvalue weighted by Gasteiger charge is -2.33. The second-order valence-electron chi connectivity index (χ2n) is 8.33. The fraction of sp³-hybridized carbons (Fsp3) is 0.619. The number of hydrogen-bond donors (Lipinski definition) is 0. The molecule has 2 aliphatic heterocycles. The molecule has 1 aromatic carbocycles. The van der Waals surface area contributed by atoms with Gasteiger partial charge in [0, 0.05) is 25.2 Å². The van der Waals surface area contributed by atoms with Crippen LogP contribution >= 0.6 is 0 Å². The van der Waals surface area contributed by atoms with E-state index in [1.807, 2.05) is 13.8 Å². The van der Waals surface area contributed by atoms with Gasteiger partial charge in [0.05, 0.1) is 22.0 Å². The summed E-state index contributed by atoms with van der Waals surface area (Å²) >= 11 is 0. The van der Waals surface area contributed by atoms with Crippen LogP contribution in [-0.4, -0.2) is 81.2 Å². The Morgan fingerprint density at radius 3 is 2.34 bits per heavy atom. The molecule has 0 saturated carbocycles. The molecule has 3 rings (SSSR count). The summed E-state index contributed by atoms with van der Waals surface area (Å²) in [6.07, 6.45) is 2.68. The third-order valence-corrected chi connectivity index (χ3v) is 9.74. The smallest absolute Gasteiger partial charge is 0.338 e. The first-order valence-electron chi connectivity index (χ1n) is 10.8. The zero-order valence-electron chi connectivity index (χ0n) is 18.4. The molecule has 2 unspecified atom stereocenters. The number of nitrogens with zero attached hydrogens (tertiary/aromatic N) is 2. The number of amides is 1. The standard InChI is InChI=1S/C21H30N2O7S2/c1-3-16(2)23(18-10-13-31(26,27)15-18)20(24)14-30-21(25)17-6-8-19(9-7-17)32(28,29)22-11-4-5-12-22/h6-9,16,18H,3-5,10-15H2,1-2H3. The molecule has 1 aromatic rings. The predicted octanol–water partition coefficient (Wildman–Crippen LogP) is 1.44. The van der Waals surface area contributed by atoms with E-state index in [9.17, 15) is 26.4 Å². The number of carbonyl (C=O) groups is 2. The quantitative estimate of drug-likeness (QED) is 0.510. The molecule has 9 nitrogen and oxygen atoms in total. The normalized spacial score (nSPS) is 21.9. The van der Waals surface area contributed by atoms with Crippen LogP contribution in [0.15, 0.2) is 29.2 Å². The SMILES string of the molecule is CCC(C)N(C(=O)COC(=O)c1ccc(S(=O)(=O)N2CCCC2)cc1)C1CCS(=O)(=O)C1. The molecule has 0 bridgehead atoms. The number of esters is 1. The van der Waals surface area contributed by atoms with Crippen LogP contribution in [0.3, 0.4) is 0 Å². The molecule has 0 aliphatic carbocycles. The summed E-state index contributed by atoms with van der Waals surface area (Å²) in [5, 5.41) is 0. The van der Waals surface area contributed by atoms with Crippen LogP contribution in [0.1, 0.15) is 49.9 Å². The average Bonchev–Trinajstić information content (AvgIpc) is 3.42. The van der Waals surface area contributed by atoms with Crippen LogP contribution in [-0.2, 0) is 29.4 Å².